The van der Waals surface area contributed by atoms with Gasteiger partial charge >= 0.3 is 6.03 Å². The van der Waals surface area contributed by atoms with E-state index in [2.05, 4.69) is 20.9 Å². The van der Waals surface area contributed by atoms with Gasteiger partial charge in [0.1, 0.15) is 0 Å². The van der Waals surface area contributed by atoms with Gasteiger partial charge in [0.2, 0.25) is 11.8 Å². The van der Waals surface area contributed by atoms with Crippen molar-refractivity contribution < 1.29 is 14.4 Å². The summed E-state index contributed by atoms with van der Waals surface area (Å²) in [6.45, 7) is 3.65. The van der Waals surface area contributed by atoms with Crippen molar-refractivity contribution in [2.75, 3.05) is 5.32 Å². The van der Waals surface area contributed by atoms with E-state index in [9.17, 15) is 14.4 Å². The Morgan fingerprint density at radius 2 is 2.16 bits per heavy atom. The van der Waals surface area contributed by atoms with Crippen molar-refractivity contribution in [3.8, 4) is 11.3 Å². The number of benzene rings is 1. The predicted molar refractivity (Wildman–Crippen MR) is 95.2 cm³/mol. The third-order valence-electron chi connectivity index (χ3n) is 4.00. The fourth-order valence-corrected chi connectivity index (χ4v) is 3.33. The molecule has 0 bridgehead atoms. The summed E-state index contributed by atoms with van der Waals surface area (Å²) in [5, 5.41) is 10.5. The molecule has 4 amide bonds. The van der Waals surface area contributed by atoms with Gasteiger partial charge in [-0.1, -0.05) is 12.1 Å². The lowest BCUT2D eigenvalue weighted by Gasteiger charge is -2.28. The number of hydrogen-bond donors (Lipinski definition) is 3. The van der Waals surface area contributed by atoms with Gasteiger partial charge in [0.05, 0.1) is 16.6 Å². The average molecular weight is 358 g/mol. The van der Waals surface area contributed by atoms with E-state index < -0.39 is 23.9 Å². The number of nitrogens with zero attached hydrogens (tertiary/aromatic N) is 1. The van der Waals surface area contributed by atoms with Crippen molar-refractivity contribution in [3.63, 3.8) is 0 Å². The van der Waals surface area contributed by atoms with Crippen LogP contribution in [-0.2, 0) is 9.59 Å². The zero-order valence-corrected chi connectivity index (χ0v) is 14.6. The van der Waals surface area contributed by atoms with Gasteiger partial charge in [-0.3, -0.25) is 14.9 Å². The number of thiazole rings is 1. The SMILES string of the molecule is Cc1nc(-c2cccc(NC(=O)CC3C(=O)NC(=O)NC3C)c2)cs1. The second-order valence-corrected chi connectivity index (χ2v) is 7.00. The average Bonchev–Trinajstić information content (AvgIpc) is 2.98. The maximum Gasteiger partial charge on any atom is 0.321 e. The fraction of sp³-hybridized carbons (Fsp3) is 0.294. The number of anilines is 1. The quantitative estimate of drug-likeness (QED) is 0.781. The van der Waals surface area contributed by atoms with E-state index in [1.54, 1.807) is 24.3 Å². The van der Waals surface area contributed by atoms with Crippen LogP contribution in [0, 0.1) is 12.8 Å². The molecule has 2 atom stereocenters. The fourth-order valence-electron chi connectivity index (χ4n) is 2.71. The molecule has 1 aromatic carbocycles. The van der Waals surface area contributed by atoms with E-state index in [-0.39, 0.29) is 12.3 Å². The number of aryl methyl sites for hydroxylation is 1. The molecule has 0 spiro atoms. The number of aromatic nitrogens is 1. The molecule has 0 saturated carbocycles. The van der Waals surface area contributed by atoms with Crippen LogP contribution in [-0.4, -0.2) is 28.9 Å². The highest BCUT2D eigenvalue weighted by Crippen LogP contribution is 2.24. The lowest BCUT2D eigenvalue weighted by atomic mass is 9.94. The third-order valence-corrected chi connectivity index (χ3v) is 4.78. The highest BCUT2D eigenvalue weighted by molar-refractivity contribution is 7.09. The second kappa shape index (κ2) is 7.02. The first kappa shape index (κ1) is 17.1. The third kappa shape index (κ3) is 4.03. The number of nitrogens with one attached hydrogen (secondary N) is 3. The van der Waals surface area contributed by atoms with Gasteiger partial charge in [-0.2, -0.15) is 0 Å². The summed E-state index contributed by atoms with van der Waals surface area (Å²) in [5.74, 6) is -1.31. The van der Waals surface area contributed by atoms with Crippen LogP contribution in [0.25, 0.3) is 11.3 Å². The number of amides is 4. The Kier molecular flexibility index (Phi) is 4.80. The Morgan fingerprint density at radius 3 is 2.84 bits per heavy atom. The largest absolute Gasteiger partial charge is 0.335 e. The van der Waals surface area contributed by atoms with E-state index in [1.165, 1.54) is 0 Å². The minimum Gasteiger partial charge on any atom is -0.335 e. The maximum atomic E-state index is 12.3. The topological polar surface area (TPSA) is 100 Å². The first-order valence-corrected chi connectivity index (χ1v) is 8.74. The first-order chi connectivity index (χ1) is 11.9. The van der Waals surface area contributed by atoms with E-state index in [0.29, 0.717) is 5.69 Å². The second-order valence-electron chi connectivity index (χ2n) is 5.94. The molecule has 8 heteroatoms. The molecule has 1 aliphatic heterocycles. The van der Waals surface area contributed by atoms with Gasteiger partial charge in [0.15, 0.2) is 0 Å². The van der Waals surface area contributed by atoms with E-state index in [0.717, 1.165) is 16.3 Å². The molecule has 7 nitrogen and oxygen atoms in total. The lowest BCUT2D eigenvalue weighted by Crippen LogP contribution is -2.57. The highest BCUT2D eigenvalue weighted by atomic mass is 32.1. The van der Waals surface area contributed by atoms with Crippen molar-refractivity contribution in [1.29, 1.82) is 0 Å². The standard InChI is InChI=1S/C17H18N4O3S/c1-9-13(16(23)21-17(24)18-9)7-15(22)20-12-5-3-4-11(6-12)14-8-25-10(2)19-14/h3-6,8-9,13H,7H2,1-2H3,(H,20,22)(H2,18,21,23,24). The molecule has 1 saturated heterocycles. The van der Waals surface area contributed by atoms with Gasteiger partial charge < -0.3 is 10.6 Å². The van der Waals surface area contributed by atoms with Crippen LogP contribution in [0.4, 0.5) is 10.5 Å². The van der Waals surface area contributed by atoms with Gasteiger partial charge in [-0.15, -0.1) is 11.3 Å². The summed E-state index contributed by atoms with van der Waals surface area (Å²) < 4.78 is 0. The molecule has 3 N–H and O–H groups in total. The van der Waals surface area contributed by atoms with E-state index in [1.807, 2.05) is 30.5 Å². The predicted octanol–water partition coefficient (Wildman–Crippen LogP) is 2.29. The summed E-state index contributed by atoms with van der Waals surface area (Å²) in [5.41, 5.74) is 2.42. The van der Waals surface area contributed by atoms with Crippen LogP contribution in [0.2, 0.25) is 0 Å². The number of imide groups is 1. The Bertz CT molecular complexity index is 833. The first-order valence-electron chi connectivity index (χ1n) is 7.86. The Balaban J connectivity index is 1.67. The molecule has 130 valence electrons. The lowest BCUT2D eigenvalue weighted by molar-refractivity contribution is -0.129. The highest BCUT2D eigenvalue weighted by Gasteiger charge is 2.34. The minimum absolute atomic E-state index is 0.00663. The molecule has 2 aromatic rings. The summed E-state index contributed by atoms with van der Waals surface area (Å²) >= 11 is 1.57. The maximum absolute atomic E-state index is 12.3. The summed E-state index contributed by atoms with van der Waals surface area (Å²) in [6.07, 6.45) is -0.00663. The van der Waals surface area contributed by atoms with Crippen molar-refractivity contribution >= 4 is 34.9 Å². The number of urea groups is 1. The summed E-state index contributed by atoms with van der Waals surface area (Å²) in [4.78, 5) is 39.8. The molecule has 3 rings (SSSR count). The summed E-state index contributed by atoms with van der Waals surface area (Å²) in [7, 11) is 0. The van der Waals surface area contributed by atoms with Crippen LogP contribution in [0.5, 0.6) is 0 Å². The molecule has 25 heavy (non-hydrogen) atoms. The Hall–Kier alpha value is -2.74. The molecule has 1 aromatic heterocycles. The van der Waals surface area contributed by atoms with Gasteiger partial charge in [-0.05, 0) is 26.0 Å². The molecule has 1 fully saturated rings. The smallest absolute Gasteiger partial charge is 0.321 e. The monoisotopic (exact) mass is 358 g/mol. The Labute approximate surface area is 148 Å². The van der Waals surface area contributed by atoms with Gasteiger partial charge in [-0.25, -0.2) is 9.78 Å². The van der Waals surface area contributed by atoms with Crippen LogP contribution in [0.1, 0.15) is 18.4 Å². The molecule has 1 aliphatic rings. The van der Waals surface area contributed by atoms with Crippen molar-refractivity contribution in [2.45, 2.75) is 26.3 Å². The number of rotatable bonds is 4. The molecular weight excluding hydrogens is 340 g/mol. The van der Waals surface area contributed by atoms with Crippen molar-refractivity contribution in [3.05, 3.63) is 34.7 Å². The van der Waals surface area contributed by atoms with Crippen molar-refractivity contribution in [2.24, 2.45) is 5.92 Å². The van der Waals surface area contributed by atoms with Gasteiger partial charge in [0, 0.05) is 29.1 Å². The van der Waals surface area contributed by atoms with Crippen LogP contribution >= 0.6 is 11.3 Å². The Morgan fingerprint density at radius 1 is 1.36 bits per heavy atom. The van der Waals surface area contributed by atoms with Gasteiger partial charge in [0.25, 0.3) is 0 Å². The molecular formula is C17H18N4O3S. The zero-order chi connectivity index (χ0) is 18.0. The summed E-state index contributed by atoms with van der Waals surface area (Å²) in [6, 6.07) is 6.48. The van der Waals surface area contributed by atoms with Crippen molar-refractivity contribution in [1.82, 2.24) is 15.6 Å². The molecule has 2 heterocycles. The number of carbonyl (C=O) groups excluding carboxylic acids is 3. The molecule has 2 unspecified atom stereocenters. The number of hydrogen-bond acceptors (Lipinski definition) is 5. The minimum atomic E-state index is -0.595. The molecule has 0 radical (unpaired) electrons. The molecule has 0 aliphatic carbocycles. The van der Waals surface area contributed by atoms with Crippen LogP contribution < -0.4 is 16.0 Å². The van der Waals surface area contributed by atoms with Crippen LogP contribution in [0.15, 0.2) is 29.6 Å². The van der Waals surface area contributed by atoms with E-state index in [4.69, 9.17) is 0 Å². The van der Waals surface area contributed by atoms with E-state index >= 15 is 0 Å². The normalized spacial score (nSPS) is 19.9. The zero-order valence-electron chi connectivity index (χ0n) is 13.8. The van der Waals surface area contributed by atoms with Crippen LogP contribution in [0.3, 0.4) is 0 Å². The number of carbonyl (C=O) groups is 3.